The van der Waals surface area contributed by atoms with Crippen LogP contribution in [0.5, 0.6) is 5.75 Å². The van der Waals surface area contributed by atoms with Crippen molar-refractivity contribution in [3.05, 3.63) is 24.0 Å². The minimum Gasteiger partial charge on any atom is -0.494 e. The van der Waals surface area contributed by atoms with E-state index in [-0.39, 0.29) is 11.7 Å². The fourth-order valence-corrected chi connectivity index (χ4v) is 1.24. The molecule has 1 atom stereocenters. The summed E-state index contributed by atoms with van der Waals surface area (Å²) >= 11 is 0. The summed E-state index contributed by atoms with van der Waals surface area (Å²) in [4.78, 5) is 15.9. The number of aromatic nitrogens is 1. The Morgan fingerprint density at radius 1 is 1.73 bits per heavy atom. The molecule has 3 nitrogen and oxygen atoms in total. The van der Waals surface area contributed by atoms with Crippen LogP contribution in [-0.4, -0.2) is 17.9 Å². The van der Waals surface area contributed by atoms with Gasteiger partial charge in [0.1, 0.15) is 11.4 Å². The molecule has 0 N–H and O–H groups in total. The van der Waals surface area contributed by atoms with Gasteiger partial charge in [0.25, 0.3) is 0 Å². The summed E-state index contributed by atoms with van der Waals surface area (Å²) in [6, 6.07) is 3.43. The highest BCUT2D eigenvalue weighted by molar-refractivity contribution is 5.98. The smallest absolute Gasteiger partial charge is 0.188 e. The molecule has 0 saturated heterocycles. The molecule has 0 aromatic carbocycles. The quantitative estimate of drug-likeness (QED) is 0.554. The van der Waals surface area contributed by atoms with E-state index in [1.54, 1.807) is 25.3 Å². The number of Topliss-reactive ketones (excluding diaryl/α,β-unsaturated/α-hetero) is 1. The number of nitrogens with zero attached hydrogens (tertiary/aromatic N) is 1. The molecule has 0 fully saturated rings. The van der Waals surface area contributed by atoms with E-state index in [4.69, 9.17) is 11.2 Å². The molecule has 3 heteroatoms. The molecule has 0 radical (unpaired) electrons. The lowest BCUT2D eigenvalue weighted by Crippen LogP contribution is -2.13. The van der Waals surface area contributed by atoms with Crippen LogP contribution in [0.25, 0.3) is 0 Å². The van der Waals surface area contributed by atoms with Crippen molar-refractivity contribution in [2.24, 2.45) is 5.92 Å². The second-order valence-corrected chi connectivity index (χ2v) is 3.23. The van der Waals surface area contributed by atoms with E-state index < -0.39 is 0 Å². The van der Waals surface area contributed by atoms with Gasteiger partial charge in [0.2, 0.25) is 0 Å². The van der Waals surface area contributed by atoms with Gasteiger partial charge in [-0.1, -0.05) is 6.92 Å². The zero-order chi connectivity index (χ0) is 11.3. The Morgan fingerprint density at radius 2 is 2.47 bits per heavy atom. The standard InChI is InChI=1S/C12H13NO2/c1-4-6-9(2)12(14)11-10(15-3)7-5-8-13-11/h1,5,7-9H,6H2,2-3H3. The number of ketones is 1. The van der Waals surface area contributed by atoms with Gasteiger partial charge in [0.15, 0.2) is 5.78 Å². The number of methoxy groups -OCH3 is 1. The molecule has 0 aliphatic rings. The van der Waals surface area contributed by atoms with Gasteiger partial charge >= 0.3 is 0 Å². The minimum atomic E-state index is -0.223. The van der Waals surface area contributed by atoms with Gasteiger partial charge in [-0.15, -0.1) is 12.3 Å². The molecule has 1 aromatic heterocycles. The largest absolute Gasteiger partial charge is 0.494 e. The van der Waals surface area contributed by atoms with Crippen LogP contribution in [0.15, 0.2) is 18.3 Å². The number of carbonyl (C=O) groups is 1. The van der Waals surface area contributed by atoms with E-state index in [1.165, 1.54) is 7.11 Å². The van der Waals surface area contributed by atoms with Crippen LogP contribution in [0.4, 0.5) is 0 Å². The lowest BCUT2D eigenvalue weighted by molar-refractivity contribution is 0.0923. The molecule has 1 heterocycles. The fraction of sp³-hybridized carbons (Fsp3) is 0.333. The lowest BCUT2D eigenvalue weighted by atomic mass is 10.00. The topological polar surface area (TPSA) is 39.2 Å². The molecule has 0 bridgehead atoms. The van der Waals surface area contributed by atoms with E-state index in [0.29, 0.717) is 17.9 Å². The Labute approximate surface area is 89.5 Å². The Bertz CT molecular complexity index is 393. The van der Waals surface area contributed by atoms with Gasteiger partial charge in [0, 0.05) is 18.5 Å². The highest BCUT2D eigenvalue weighted by Gasteiger charge is 2.19. The summed E-state index contributed by atoms with van der Waals surface area (Å²) < 4.78 is 5.06. The molecule has 1 aromatic rings. The molecular formula is C12H13NO2. The van der Waals surface area contributed by atoms with E-state index in [0.717, 1.165) is 0 Å². The van der Waals surface area contributed by atoms with Crippen molar-refractivity contribution in [1.29, 1.82) is 0 Å². The van der Waals surface area contributed by atoms with Gasteiger partial charge in [0.05, 0.1) is 7.11 Å². The third-order valence-corrected chi connectivity index (χ3v) is 2.10. The van der Waals surface area contributed by atoms with Gasteiger partial charge in [-0.25, -0.2) is 4.98 Å². The maximum atomic E-state index is 11.9. The number of pyridine rings is 1. The number of terminal acetylenes is 1. The van der Waals surface area contributed by atoms with Crippen molar-refractivity contribution < 1.29 is 9.53 Å². The first-order chi connectivity index (χ1) is 7.20. The molecular weight excluding hydrogens is 190 g/mol. The van der Waals surface area contributed by atoms with Crippen molar-refractivity contribution in [1.82, 2.24) is 4.98 Å². The van der Waals surface area contributed by atoms with Crippen molar-refractivity contribution >= 4 is 5.78 Å². The van der Waals surface area contributed by atoms with E-state index >= 15 is 0 Å². The average molecular weight is 203 g/mol. The zero-order valence-corrected chi connectivity index (χ0v) is 8.86. The summed E-state index contributed by atoms with van der Waals surface area (Å²) in [6.45, 7) is 1.79. The number of hydrogen-bond acceptors (Lipinski definition) is 3. The van der Waals surface area contributed by atoms with Crippen LogP contribution in [-0.2, 0) is 0 Å². The Kier molecular flexibility index (Phi) is 3.87. The molecule has 1 rings (SSSR count). The van der Waals surface area contributed by atoms with Crippen LogP contribution < -0.4 is 4.74 Å². The number of hydrogen-bond donors (Lipinski definition) is 0. The second kappa shape index (κ2) is 5.16. The predicted molar refractivity (Wildman–Crippen MR) is 57.7 cm³/mol. The molecule has 0 aliphatic carbocycles. The summed E-state index contributed by atoms with van der Waals surface area (Å²) in [5.74, 6) is 2.66. The van der Waals surface area contributed by atoms with Crippen LogP contribution in [0, 0.1) is 18.3 Å². The Hall–Kier alpha value is -1.82. The average Bonchev–Trinajstić information content (AvgIpc) is 2.28. The van der Waals surface area contributed by atoms with Crippen LogP contribution in [0.2, 0.25) is 0 Å². The number of ether oxygens (including phenoxy) is 1. The van der Waals surface area contributed by atoms with Gasteiger partial charge in [-0.2, -0.15) is 0 Å². The van der Waals surface area contributed by atoms with Crippen molar-refractivity contribution in [2.75, 3.05) is 7.11 Å². The molecule has 78 valence electrons. The van der Waals surface area contributed by atoms with Gasteiger partial charge < -0.3 is 4.74 Å². The van der Waals surface area contributed by atoms with Crippen molar-refractivity contribution in [3.63, 3.8) is 0 Å². The van der Waals surface area contributed by atoms with Crippen molar-refractivity contribution in [2.45, 2.75) is 13.3 Å². The molecule has 1 unspecified atom stereocenters. The molecule has 15 heavy (non-hydrogen) atoms. The summed E-state index contributed by atoms with van der Waals surface area (Å²) in [7, 11) is 1.51. The first kappa shape index (κ1) is 11.3. The second-order valence-electron chi connectivity index (χ2n) is 3.23. The number of rotatable bonds is 4. The van der Waals surface area contributed by atoms with Gasteiger partial charge in [-0.3, -0.25) is 4.79 Å². The molecule has 0 saturated carbocycles. The summed E-state index contributed by atoms with van der Waals surface area (Å²) in [5, 5.41) is 0. The lowest BCUT2D eigenvalue weighted by Gasteiger charge is -2.09. The van der Waals surface area contributed by atoms with E-state index in [9.17, 15) is 4.79 Å². The third-order valence-electron chi connectivity index (χ3n) is 2.10. The predicted octanol–water partition coefficient (Wildman–Crippen LogP) is 1.93. The highest BCUT2D eigenvalue weighted by Crippen LogP contribution is 2.19. The van der Waals surface area contributed by atoms with Crippen LogP contribution >= 0.6 is 0 Å². The first-order valence-electron chi connectivity index (χ1n) is 4.67. The summed E-state index contributed by atoms with van der Waals surface area (Å²) in [5.41, 5.74) is 0.350. The third kappa shape index (κ3) is 2.57. The van der Waals surface area contributed by atoms with Crippen molar-refractivity contribution in [3.8, 4) is 18.1 Å². The minimum absolute atomic E-state index is 0.0783. The molecule has 0 spiro atoms. The molecule has 0 aliphatic heterocycles. The fourth-order valence-electron chi connectivity index (χ4n) is 1.24. The van der Waals surface area contributed by atoms with Crippen LogP contribution in [0.3, 0.4) is 0 Å². The van der Waals surface area contributed by atoms with Crippen LogP contribution in [0.1, 0.15) is 23.8 Å². The maximum absolute atomic E-state index is 11.9. The zero-order valence-electron chi connectivity index (χ0n) is 8.86. The number of carbonyl (C=O) groups excluding carboxylic acids is 1. The first-order valence-corrected chi connectivity index (χ1v) is 4.67. The molecule has 0 amide bonds. The summed E-state index contributed by atoms with van der Waals surface area (Å²) in [6.07, 6.45) is 7.15. The highest BCUT2D eigenvalue weighted by atomic mass is 16.5. The monoisotopic (exact) mass is 203 g/mol. The normalized spacial score (nSPS) is 11.5. The van der Waals surface area contributed by atoms with Gasteiger partial charge in [-0.05, 0) is 12.1 Å². The van der Waals surface area contributed by atoms with E-state index in [2.05, 4.69) is 10.9 Å². The Balaban J connectivity index is 2.96. The maximum Gasteiger partial charge on any atom is 0.188 e. The Morgan fingerprint density at radius 3 is 3.07 bits per heavy atom. The SMILES string of the molecule is C#CCC(C)C(=O)c1ncccc1OC. The van der Waals surface area contributed by atoms with E-state index in [1.807, 2.05) is 0 Å².